The molecule has 0 bridgehead atoms. The summed E-state index contributed by atoms with van der Waals surface area (Å²) in [5.74, 6) is -0.629. The molecule has 2 aliphatic rings. The average Bonchev–Trinajstić information content (AvgIpc) is 3.02. The number of aromatic nitrogens is 2. The Morgan fingerprint density at radius 2 is 1.87 bits per heavy atom. The van der Waals surface area contributed by atoms with E-state index in [0.717, 1.165) is 17.4 Å². The number of hydrogen-bond donors (Lipinski definition) is 0. The second kappa shape index (κ2) is 7.66. The number of para-hydroxylation sites is 1. The number of benzene rings is 1. The van der Waals surface area contributed by atoms with Gasteiger partial charge in [-0.1, -0.05) is 30.0 Å². The number of fused-ring (bicyclic) bond motifs is 1. The maximum absolute atomic E-state index is 12.8. The molecule has 1 amide bonds. The average molecular weight is 473 g/mol. The van der Waals surface area contributed by atoms with Crippen molar-refractivity contribution in [3.8, 4) is 5.88 Å². The Bertz CT molecular complexity index is 1130. The predicted molar refractivity (Wildman–Crippen MR) is 107 cm³/mol. The fourth-order valence-electron chi connectivity index (χ4n) is 4.05. The molecule has 12 heteroatoms. The van der Waals surface area contributed by atoms with E-state index in [-0.39, 0.29) is 29.5 Å². The molecule has 2 heterocycles. The summed E-state index contributed by atoms with van der Waals surface area (Å²) in [6, 6.07) is 9.22. The Morgan fingerprint density at radius 1 is 1.16 bits per heavy atom. The number of amides is 1. The molecular weight excluding hydrogens is 455 g/mol. The summed E-state index contributed by atoms with van der Waals surface area (Å²) >= 11 is 1.06. The first-order chi connectivity index (χ1) is 14.5. The van der Waals surface area contributed by atoms with E-state index in [0.29, 0.717) is 25.1 Å². The van der Waals surface area contributed by atoms with Gasteiger partial charge in [-0.05, 0) is 37.7 Å². The topological polar surface area (TPSA) is 89.5 Å². The molecule has 4 rings (SSSR count). The molecular formula is C19H18F3N3O4S2. The Kier molecular flexibility index (Phi) is 5.41. The van der Waals surface area contributed by atoms with Crippen LogP contribution < -0.4 is 9.08 Å². The van der Waals surface area contributed by atoms with Crippen LogP contribution in [0.4, 0.5) is 18.9 Å². The third-order valence-electron chi connectivity index (χ3n) is 5.53. The summed E-state index contributed by atoms with van der Waals surface area (Å²) in [5, 5.41) is 0.104. The standard InChI is InChI=1S/C19H18F3N3O4S2/c1-30-17-23-14-9-18(10-15(26)25(11-18)12-5-3-2-4-6-12)8-7-13(14)16(24-17)29-31(27,28)19(20,21)22/h2-6H,7-11H2,1H3. The lowest BCUT2D eigenvalue weighted by atomic mass is 9.72. The van der Waals surface area contributed by atoms with Gasteiger partial charge >= 0.3 is 15.6 Å². The Labute approximate surface area is 181 Å². The van der Waals surface area contributed by atoms with Gasteiger partial charge < -0.3 is 9.08 Å². The fourth-order valence-corrected chi connectivity index (χ4v) is 4.87. The zero-order valence-corrected chi connectivity index (χ0v) is 18.0. The van der Waals surface area contributed by atoms with Crippen LogP contribution in [0, 0.1) is 5.41 Å². The van der Waals surface area contributed by atoms with E-state index in [1.54, 1.807) is 11.2 Å². The van der Waals surface area contributed by atoms with Crippen molar-refractivity contribution < 1.29 is 30.6 Å². The monoisotopic (exact) mass is 473 g/mol. The Hall–Kier alpha value is -2.34. The number of hydrogen-bond acceptors (Lipinski definition) is 7. The Balaban J connectivity index is 1.66. The van der Waals surface area contributed by atoms with Gasteiger partial charge in [-0.3, -0.25) is 4.79 Å². The molecule has 1 saturated heterocycles. The molecule has 1 aliphatic carbocycles. The van der Waals surface area contributed by atoms with Crippen LogP contribution in [0.5, 0.6) is 5.88 Å². The van der Waals surface area contributed by atoms with Crippen molar-refractivity contribution in [3.63, 3.8) is 0 Å². The summed E-state index contributed by atoms with van der Waals surface area (Å²) in [6.45, 7) is 0.449. The Morgan fingerprint density at radius 3 is 2.52 bits per heavy atom. The van der Waals surface area contributed by atoms with Crippen molar-refractivity contribution in [2.45, 2.75) is 36.3 Å². The number of alkyl halides is 3. The van der Waals surface area contributed by atoms with Gasteiger partial charge in [-0.25, -0.2) is 4.98 Å². The molecule has 0 N–H and O–H groups in total. The molecule has 2 aromatic rings. The maximum Gasteiger partial charge on any atom is 0.534 e. The summed E-state index contributed by atoms with van der Waals surface area (Å²) in [7, 11) is -5.85. The maximum atomic E-state index is 12.8. The van der Waals surface area contributed by atoms with Crippen LogP contribution >= 0.6 is 11.8 Å². The van der Waals surface area contributed by atoms with Crippen LogP contribution in [-0.4, -0.2) is 42.6 Å². The minimum atomic E-state index is -5.85. The van der Waals surface area contributed by atoms with Gasteiger partial charge in [0.1, 0.15) is 0 Å². The molecule has 1 spiro atoms. The quantitative estimate of drug-likeness (QED) is 0.291. The molecule has 166 valence electrons. The lowest BCUT2D eigenvalue weighted by Crippen LogP contribution is -2.34. The van der Waals surface area contributed by atoms with E-state index in [2.05, 4.69) is 14.2 Å². The number of thioether (sulfide) groups is 1. The molecule has 0 saturated carbocycles. The lowest BCUT2D eigenvalue weighted by molar-refractivity contribution is -0.117. The first kappa shape index (κ1) is 21.9. The van der Waals surface area contributed by atoms with E-state index in [9.17, 15) is 26.4 Å². The summed E-state index contributed by atoms with van der Waals surface area (Å²) in [5.41, 5.74) is -4.57. The van der Waals surface area contributed by atoms with Crippen molar-refractivity contribution >= 4 is 33.5 Å². The van der Waals surface area contributed by atoms with Crippen LogP contribution in [0.1, 0.15) is 24.1 Å². The van der Waals surface area contributed by atoms with E-state index in [4.69, 9.17) is 0 Å². The van der Waals surface area contributed by atoms with Crippen LogP contribution in [0.2, 0.25) is 0 Å². The minimum Gasteiger partial charge on any atom is -0.355 e. The second-order valence-corrected chi connectivity index (χ2v) is 9.90. The fraction of sp³-hybridized carbons (Fsp3) is 0.421. The molecule has 1 aromatic carbocycles. The third kappa shape index (κ3) is 4.10. The third-order valence-corrected chi connectivity index (χ3v) is 7.02. The van der Waals surface area contributed by atoms with E-state index >= 15 is 0 Å². The highest BCUT2D eigenvalue weighted by Gasteiger charge is 2.50. The molecule has 7 nitrogen and oxygen atoms in total. The second-order valence-electron chi connectivity index (χ2n) is 7.59. The predicted octanol–water partition coefficient (Wildman–Crippen LogP) is 3.34. The largest absolute Gasteiger partial charge is 0.534 e. The number of nitrogens with zero attached hydrogens (tertiary/aromatic N) is 3. The molecule has 1 atom stereocenters. The minimum absolute atomic E-state index is 0.0371. The van der Waals surface area contributed by atoms with Crippen LogP contribution in [0.25, 0.3) is 0 Å². The van der Waals surface area contributed by atoms with Crippen molar-refractivity contribution in [3.05, 3.63) is 41.6 Å². The number of carbonyl (C=O) groups is 1. The smallest absolute Gasteiger partial charge is 0.355 e. The summed E-state index contributed by atoms with van der Waals surface area (Å²) in [6.07, 6.45) is 2.90. The van der Waals surface area contributed by atoms with Gasteiger partial charge in [0.2, 0.25) is 11.8 Å². The molecule has 1 unspecified atom stereocenters. The van der Waals surface area contributed by atoms with Crippen molar-refractivity contribution in [2.75, 3.05) is 17.7 Å². The number of halogens is 3. The number of carbonyl (C=O) groups excluding carboxylic acids is 1. The first-order valence-electron chi connectivity index (χ1n) is 9.34. The number of rotatable bonds is 4. The SMILES string of the molecule is CSc1nc2c(c(OS(=O)(=O)C(F)(F)F)n1)CCC1(CC(=O)N(c3ccccc3)C1)C2. The van der Waals surface area contributed by atoms with E-state index in [1.165, 1.54) is 0 Å². The molecule has 1 aliphatic heterocycles. The van der Waals surface area contributed by atoms with E-state index in [1.807, 2.05) is 30.3 Å². The van der Waals surface area contributed by atoms with Gasteiger partial charge in [0.15, 0.2) is 5.16 Å². The van der Waals surface area contributed by atoms with Gasteiger partial charge in [0.05, 0.1) is 5.69 Å². The van der Waals surface area contributed by atoms with Gasteiger partial charge in [0.25, 0.3) is 0 Å². The van der Waals surface area contributed by atoms with Crippen LogP contribution in [0.3, 0.4) is 0 Å². The van der Waals surface area contributed by atoms with Gasteiger partial charge in [-0.2, -0.15) is 26.6 Å². The molecule has 1 aromatic heterocycles. The van der Waals surface area contributed by atoms with Crippen molar-refractivity contribution in [1.82, 2.24) is 9.97 Å². The highest BCUT2D eigenvalue weighted by molar-refractivity contribution is 7.98. The van der Waals surface area contributed by atoms with Crippen LogP contribution in [0.15, 0.2) is 35.5 Å². The summed E-state index contributed by atoms with van der Waals surface area (Å²) in [4.78, 5) is 22.7. The highest BCUT2D eigenvalue weighted by Crippen LogP contribution is 2.46. The van der Waals surface area contributed by atoms with E-state index < -0.39 is 26.9 Å². The zero-order chi connectivity index (χ0) is 22.4. The molecule has 0 radical (unpaired) electrons. The number of anilines is 1. The normalized spacial score (nSPS) is 21.4. The molecule has 1 fully saturated rings. The molecule has 31 heavy (non-hydrogen) atoms. The van der Waals surface area contributed by atoms with Crippen LogP contribution in [-0.2, 0) is 27.8 Å². The lowest BCUT2D eigenvalue weighted by Gasteiger charge is -2.33. The van der Waals surface area contributed by atoms with Gasteiger partial charge in [0, 0.05) is 29.6 Å². The first-order valence-corrected chi connectivity index (χ1v) is 12.0. The highest BCUT2D eigenvalue weighted by atomic mass is 32.2. The van der Waals surface area contributed by atoms with Crippen molar-refractivity contribution in [1.29, 1.82) is 0 Å². The zero-order valence-electron chi connectivity index (χ0n) is 16.3. The van der Waals surface area contributed by atoms with Crippen molar-refractivity contribution in [2.24, 2.45) is 5.41 Å². The summed E-state index contributed by atoms with van der Waals surface area (Å²) < 4.78 is 65.9. The van der Waals surface area contributed by atoms with Gasteiger partial charge in [-0.15, -0.1) is 0 Å².